The zero-order valence-corrected chi connectivity index (χ0v) is 16.0. The van der Waals surface area contributed by atoms with Crippen molar-refractivity contribution < 1.29 is 18.4 Å². The number of hydrogen-bond donors (Lipinski definition) is 2. The van der Waals surface area contributed by atoms with Crippen LogP contribution in [0.3, 0.4) is 0 Å². The molecule has 1 aromatic carbocycles. The molecule has 0 bridgehead atoms. The van der Waals surface area contributed by atoms with Crippen molar-refractivity contribution in [1.29, 1.82) is 0 Å². The molecule has 28 heavy (non-hydrogen) atoms. The molecular weight excluding hydrogens is 368 g/mol. The quantitative estimate of drug-likeness (QED) is 0.762. The second-order valence-corrected chi connectivity index (χ2v) is 6.41. The smallest absolute Gasteiger partial charge is 0.257 e. The van der Waals surface area contributed by atoms with Crippen LogP contribution in [0.5, 0.6) is 0 Å². The Balaban J connectivity index is 2.34. The molecule has 2 N–H and O–H groups in total. The van der Waals surface area contributed by atoms with Crippen LogP contribution in [-0.4, -0.2) is 22.9 Å². The molecule has 0 radical (unpaired) electrons. The number of carbonyl (C=O) groups is 2. The molecule has 0 saturated carbocycles. The molecule has 150 valence electrons. The Morgan fingerprint density at radius 3 is 2.18 bits per heavy atom. The van der Waals surface area contributed by atoms with E-state index in [0.29, 0.717) is 12.1 Å². The number of aromatic nitrogens is 1. The number of hydrogen-bond acceptors (Lipinski definition) is 3. The number of halogens is 2. The van der Waals surface area contributed by atoms with Crippen LogP contribution in [0.2, 0.25) is 0 Å². The fourth-order valence-corrected chi connectivity index (χ4v) is 2.57. The standard InChI is InChI=1S/C20H23F2N3O3/c1-4-12(3)25-10-14(19(27)23-5-2)18(26)15(11-25)20(28)24-9-13-6-7-16(21)17(22)8-13/h6-8,10-12H,4-5,9H2,1-3H3,(H,23,27)(H,24,28). The molecule has 2 rings (SSSR count). The molecule has 0 aliphatic carbocycles. The third-order valence-electron chi connectivity index (χ3n) is 4.41. The first-order chi connectivity index (χ1) is 13.3. The first-order valence-corrected chi connectivity index (χ1v) is 9.04. The minimum absolute atomic E-state index is 0.0356. The Bertz CT molecular complexity index is 941. The molecule has 1 heterocycles. The summed E-state index contributed by atoms with van der Waals surface area (Å²) in [6.45, 7) is 5.81. The van der Waals surface area contributed by atoms with Crippen LogP contribution >= 0.6 is 0 Å². The molecule has 0 spiro atoms. The Labute approximate surface area is 161 Å². The maximum absolute atomic E-state index is 13.3. The SMILES string of the molecule is CCNC(=O)c1cn(C(C)CC)cc(C(=O)NCc2ccc(F)c(F)c2)c1=O. The van der Waals surface area contributed by atoms with Crippen LogP contribution in [0.15, 0.2) is 35.4 Å². The third kappa shape index (κ3) is 4.82. The number of nitrogens with zero attached hydrogens (tertiary/aromatic N) is 1. The summed E-state index contributed by atoms with van der Waals surface area (Å²) < 4.78 is 28.0. The molecule has 2 amide bonds. The van der Waals surface area contributed by atoms with Gasteiger partial charge in [0.25, 0.3) is 11.8 Å². The van der Waals surface area contributed by atoms with E-state index in [1.807, 2.05) is 13.8 Å². The molecular formula is C20H23F2N3O3. The van der Waals surface area contributed by atoms with E-state index in [9.17, 15) is 23.2 Å². The number of carbonyl (C=O) groups excluding carboxylic acids is 2. The number of rotatable bonds is 7. The van der Waals surface area contributed by atoms with Gasteiger partial charge in [0.2, 0.25) is 5.43 Å². The predicted molar refractivity (Wildman–Crippen MR) is 101 cm³/mol. The molecule has 2 aromatic rings. The Morgan fingerprint density at radius 1 is 1.04 bits per heavy atom. The van der Waals surface area contributed by atoms with Gasteiger partial charge < -0.3 is 15.2 Å². The Hall–Kier alpha value is -3.03. The number of amides is 2. The summed E-state index contributed by atoms with van der Waals surface area (Å²) in [5.74, 6) is -3.26. The van der Waals surface area contributed by atoms with E-state index in [1.54, 1.807) is 11.5 Å². The zero-order valence-electron chi connectivity index (χ0n) is 16.0. The van der Waals surface area contributed by atoms with E-state index in [-0.39, 0.29) is 23.7 Å². The van der Waals surface area contributed by atoms with Crippen molar-refractivity contribution in [2.45, 2.75) is 39.8 Å². The molecule has 1 unspecified atom stereocenters. The van der Waals surface area contributed by atoms with Crippen molar-refractivity contribution >= 4 is 11.8 Å². The van der Waals surface area contributed by atoms with Gasteiger partial charge >= 0.3 is 0 Å². The number of benzene rings is 1. The summed E-state index contributed by atoms with van der Waals surface area (Å²) in [6.07, 6.45) is 3.57. The summed E-state index contributed by atoms with van der Waals surface area (Å²) in [4.78, 5) is 37.4. The lowest BCUT2D eigenvalue weighted by Gasteiger charge is -2.17. The molecule has 0 aliphatic heterocycles. The van der Waals surface area contributed by atoms with Crippen molar-refractivity contribution in [3.8, 4) is 0 Å². The normalized spacial score (nSPS) is 11.8. The summed E-state index contributed by atoms with van der Waals surface area (Å²) in [5.41, 5.74) is -0.656. The van der Waals surface area contributed by atoms with Crippen molar-refractivity contribution in [3.63, 3.8) is 0 Å². The van der Waals surface area contributed by atoms with Gasteiger partial charge in [0.15, 0.2) is 11.6 Å². The first-order valence-electron chi connectivity index (χ1n) is 9.04. The molecule has 0 saturated heterocycles. The van der Waals surface area contributed by atoms with Crippen LogP contribution in [0.1, 0.15) is 59.5 Å². The lowest BCUT2D eigenvalue weighted by Crippen LogP contribution is -2.35. The lowest BCUT2D eigenvalue weighted by atomic mass is 10.1. The minimum Gasteiger partial charge on any atom is -0.352 e. The monoisotopic (exact) mass is 391 g/mol. The van der Waals surface area contributed by atoms with E-state index < -0.39 is 28.9 Å². The fraction of sp³-hybridized carbons (Fsp3) is 0.350. The van der Waals surface area contributed by atoms with E-state index in [4.69, 9.17) is 0 Å². The van der Waals surface area contributed by atoms with Gasteiger partial charge in [-0.25, -0.2) is 8.78 Å². The van der Waals surface area contributed by atoms with Gasteiger partial charge in [-0.15, -0.1) is 0 Å². The lowest BCUT2D eigenvalue weighted by molar-refractivity contribution is 0.0948. The van der Waals surface area contributed by atoms with Crippen molar-refractivity contribution in [2.75, 3.05) is 6.54 Å². The van der Waals surface area contributed by atoms with Crippen LogP contribution in [0.4, 0.5) is 8.78 Å². The summed E-state index contributed by atoms with van der Waals surface area (Å²) in [6, 6.07) is 3.23. The summed E-state index contributed by atoms with van der Waals surface area (Å²) >= 11 is 0. The topological polar surface area (TPSA) is 80.2 Å². The second-order valence-electron chi connectivity index (χ2n) is 6.41. The predicted octanol–water partition coefficient (Wildman–Crippen LogP) is 2.78. The van der Waals surface area contributed by atoms with E-state index in [0.717, 1.165) is 18.6 Å². The van der Waals surface area contributed by atoms with Gasteiger partial charge in [0.1, 0.15) is 11.1 Å². The molecule has 6 nitrogen and oxygen atoms in total. The molecule has 1 aromatic heterocycles. The molecule has 0 fully saturated rings. The largest absolute Gasteiger partial charge is 0.352 e. The molecule has 0 aliphatic rings. The molecule has 8 heteroatoms. The van der Waals surface area contributed by atoms with E-state index in [1.165, 1.54) is 18.5 Å². The van der Waals surface area contributed by atoms with Crippen LogP contribution in [0, 0.1) is 11.6 Å². The van der Waals surface area contributed by atoms with E-state index in [2.05, 4.69) is 10.6 Å². The first kappa shape index (κ1) is 21.3. The molecule has 1 atom stereocenters. The average molecular weight is 391 g/mol. The average Bonchev–Trinajstić information content (AvgIpc) is 2.68. The minimum atomic E-state index is -1.02. The number of pyridine rings is 1. The van der Waals surface area contributed by atoms with Gasteiger partial charge in [0.05, 0.1) is 0 Å². The maximum atomic E-state index is 13.3. The van der Waals surface area contributed by atoms with Crippen molar-refractivity contribution in [3.05, 3.63) is 69.1 Å². The number of nitrogens with one attached hydrogen (secondary N) is 2. The zero-order chi connectivity index (χ0) is 20.8. The van der Waals surface area contributed by atoms with Gasteiger partial charge in [-0.2, -0.15) is 0 Å². The Morgan fingerprint density at radius 2 is 1.64 bits per heavy atom. The summed E-state index contributed by atoms with van der Waals surface area (Å²) in [5, 5.41) is 5.07. The van der Waals surface area contributed by atoms with Crippen molar-refractivity contribution in [2.24, 2.45) is 0 Å². The Kier molecular flexibility index (Phi) is 7.03. The second kappa shape index (κ2) is 9.25. The van der Waals surface area contributed by atoms with Gasteiger partial charge in [0, 0.05) is 31.5 Å². The van der Waals surface area contributed by atoms with Crippen LogP contribution in [-0.2, 0) is 6.54 Å². The highest BCUT2D eigenvalue weighted by atomic mass is 19.2. The van der Waals surface area contributed by atoms with Gasteiger partial charge in [-0.05, 0) is 38.0 Å². The highest BCUT2D eigenvalue weighted by molar-refractivity contribution is 5.99. The highest BCUT2D eigenvalue weighted by Crippen LogP contribution is 2.12. The fourth-order valence-electron chi connectivity index (χ4n) is 2.57. The van der Waals surface area contributed by atoms with Gasteiger partial charge in [-0.3, -0.25) is 14.4 Å². The van der Waals surface area contributed by atoms with Crippen molar-refractivity contribution in [1.82, 2.24) is 15.2 Å². The van der Waals surface area contributed by atoms with Crippen LogP contribution < -0.4 is 16.1 Å². The maximum Gasteiger partial charge on any atom is 0.257 e. The highest BCUT2D eigenvalue weighted by Gasteiger charge is 2.20. The van der Waals surface area contributed by atoms with E-state index >= 15 is 0 Å². The van der Waals surface area contributed by atoms with Crippen LogP contribution in [0.25, 0.3) is 0 Å². The summed E-state index contributed by atoms with van der Waals surface area (Å²) in [7, 11) is 0. The third-order valence-corrected chi connectivity index (χ3v) is 4.41. The van der Waals surface area contributed by atoms with Gasteiger partial charge in [-0.1, -0.05) is 13.0 Å².